The van der Waals surface area contributed by atoms with Gasteiger partial charge in [-0.3, -0.25) is 4.79 Å². The molecule has 4 rings (SSSR count). The number of nitrogens with one attached hydrogen (secondary N) is 2. The summed E-state index contributed by atoms with van der Waals surface area (Å²) >= 11 is 0. The summed E-state index contributed by atoms with van der Waals surface area (Å²) in [7, 11) is 0. The fourth-order valence-corrected chi connectivity index (χ4v) is 4.98. The summed E-state index contributed by atoms with van der Waals surface area (Å²) in [5.74, 6) is 0.103. The van der Waals surface area contributed by atoms with Crippen LogP contribution in [-0.2, 0) is 16.0 Å². The van der Waals surface area contributed by atoms with Gasteiger partial charge in [0.25, 0.3) is 0 Å². The summed E-state index contributed by atoms with van der Waals surface area (Å²) in [4.78, 5) is 18.4. The number of aromatic amines is 1. The molecule has 0 spiro atoms. The lowest BCUT2D eigenvalue weighted by Crippen LogP contribution is -2.52. The minimum Gasteiger partial charge on any atom is -0.494 e. The van der Waals surface area contributed by atoms with Crippen LogP contribution in [0.4, 0.5) is 5.69 Å². The second-order valence-corrected chi connectivity index (χ2v) is 7.96. The van der Waals surface area contributed by atoms with Gasteiger partial charge in [0.1, 0.15) is 6.61 Å². The number of aromatic hydroxyl groups is 1. The van der Waals surface area contributed by atoms with Crippen molar-refractivity contribution in [1.82, 2.24) is 9.88 Å². The Kier molecular flexibility index (Phi) is 5.81. The second kappa shape index (κ2) is 8.49. The summed E-state index contributed by atoms with van der Waals surface area (Å²) < 4.78 is 5.53. The monoisotopic (exact) mass is 397 g/mol. The predicted octanol–water partition coefficient (Wildman–Crippen LogP) is 3.97. The van der Waals surface area contributed by atoms with Crippen LogP contribution in [0.5, 0.6) is 5.88 Å². The van der Waals surface area contributed by atoms with E-state index in [4.69, 9.17) is 4.74 Å². The predicted molar refractivity (Wildman–Crippen MR) is 113 cm³/mol. The van der Waals surface area contributed by atoms with Crippen LogP contribution in [0.3, 0.4) is 0 Å². The Hall–Kier alpha value is -2.47. The molecule has 0 unspecified atom stereocenters. The molecule has 0 radical (unpaired) electrons. The third kappa shape index (κ3) is 3.62. The average Bonchev–Trinajstić information content (AvgIpc) is 3.02. The summed E-state index contributed by atoms with van der Waals surface area (Å²) in [6.45, 7) is 4.59. The Balaban J connectivity index is 1.90. The minimum atomic E-state index is -0.346. The fraction of sp³-hybridized carbons (Fsp3) is 0.522. The third-order valence-electron chi connectivity index (χ3n) is 6.33. The molecular weight excluding hydrogens is 366 g/mol. The zero-order valence-corrected chi connectivity index (χ0v) is 17.3. The Labute approximate surface area is 172 Å². The summed E-state index contributed by atoms with van der Waals surface area (Å²) in [6, 6.07) is 8.14. The van der Waals surface area contributed by atoms with Crippen LogP contribution in [0.15, 0.2) is 30.5 Å². The van der Waals surface area contributed by atoms with Crippen LogP contribution in [0.1, 0.15) is 62.3 Å². The molecule has 1 aromatic carbocycles. The summed E-state index contributed by atoms with van der Waals surface area (Å²) in [5, 5.41) is 14.4. The van der Waals surface area contributed by atoms with E-state index in [0.29, 0.717) is 6.61 Å². The highest BCUT2D eigenvalue weighted by atomic mass is 16.5. The highest BCUT2D eigenvalue weighted by molar-refractivity contribution is 5.80. The van der Waals surface area contributed by atoms with E-state index in [2.05, 4.69) is 29.4 Å². The zero-order chi connectivity index (χ0) is 20.4. The molecule has 3 N–H and O–H groups in total. The van der Waals surface area contributed by atoms with Gasteiger partial charge >= 0.3 is 0 Å². The molecule has 1 amide bonds. The van der Waals surface area contributed by atoms with Crippen molar-refractivity contribution in [1.29, 1.82) is 0 Å². The van der Waals surface area contributed by atoms with Crippen molar-refractivity contribution in [2.75, 3.05) is 18.5 Å². The topological polar surface area (TPSA) is 77.6 Å². The maximum atomic E-state index is 13.5. The first-order valence-corrected chi connectivity index (χ1v) is 10.8. The summed E-state index contributed by atoms with van der Waals surface area (Å²) in [6.07, 6.45) is 6.90. The van der Waals surface area contributed by atoms with E-state index < -0.39 is 0 Å². The van der Waals surface area contributed by atoms with E-state index in [0.717, 1.165) is 48.9 Å². The molecule has 2 heterocycles. The Morgan fingerprint density at radius 2 is 2.03 bits per heavy atom. The van der Waals surface area contributed by atoms with Gasteiger partial charge in [0, 0.05) is 18.8 Å². The zero-order valence-electron chi connectivity index (χ0n) is 17.3. The lowest BCUT2D eigenvalue weighted by molar-refractivity contribution is -0.141. The molecule has 0 saturated heterocycles. The van der Waals surface area contributed by atoms with Gasteiger partial charge in [-0.2, -0.15) is 0 Å². The number of hydrogen-bond donors (Lipinski definition) is 3. The van der Waals surface area contributed by atoms with Crippen LogP contribution in [-0.4, -0.2) is 46.2 Å². The van der Waals surface area contributed by atoms with E-state index in [1.54, 1.807) is 0 Å². The van der Waals surface area contributed by atoms with Crippen molar-refractivity contribution >= 4 is 11.6 Å². The molecule has 29 heavy (non-hydrogen) atoms. The second-order valence-electron chi connectivity index (χ2n) is 7.96. The van der Waals surface area contributed by atoms with Crippen LogP contribution >= 0.6 is 0 Å². The van der Waals surface area contributed by atoms with E-state index in [1.807, 2.05) is 30.2 Å². The van der Waals surface area contributed by atoms with Gasteiger partial charge < -0.3 is 25.0 Å². The molecule has 0 bridgehead atoms. The molecule has 2 aliphatic rings. The highest BCUT2D eigenvalue weighted by Gasteiger charge is 2.43. The maximum Gasteiger partial charge on any atom is 0.249 e. The number of hydrogen-bond acceptors (Lipinski definition) is 4. The fourth-order valence-electron chi connectivity index (χ4n) is 4.98. The van der Waals surface area contributed by atoms with Crippen LogP contribution in [0.2, 0.25) is 0 Å². The first-order chi connectivity index (χ1) is 14.2. The Morgan fingerprint density at radius 1 is 1.24 bits per heavy atom. The first kappa shape index (κ1) is 19.8. The Morgan fingerprint density at radius 3 is 2.83 bits per heavy atom. The van der Waals surface area contributed by atoms with Crippen molar-refractivity contribution in [2.45, 2.75) is 64.1 Å². The normalized spacial score (nSPS) is 23.7. The smallest absolute Gasteiger partial charge is 0.249 e. The van der Waals surface area contributed by atoms with Gasteiger partial charge in [-0.1, -0.05) is 44.0 Å². The average molecular weight is 398 g/mol. The molecule has 3 atom stereocenters. The van der Waals surface area contributed by atoms with Crippen LogP contribution < -0.4 is 5.32 Å². The number of anilines is 1. The third-order valence-corrected chi connectivity index (χ3v) is 6.33. The Bertz CT molecular complexity index is 863. The van der Waals surface area contributed by atoms with Crippen molar-refractivity contribution in [2.24, 2.45) is 0 Å². The molecule has 6 heteroatoms. The largest absolute Gasteiger partial charge is 0.494 e. The SMILES string of the molecule is CCOCC(=O)N1[C@H](c2ccccc2CC)c2c(c[nH]c2O)N[C@@H]2CCCC[C@H]21. The molecule has 1 aliphatic carbocycles. The minimum absolute atomic E-state index is 0.0186. The standard InChI is InChI=1S/C23H31N3O3/c1-3-15-9-5-6-10-16(15)22-21-18(13-24-23(21)28)25-17-11-7-8-12-19(17)26(22)20(27)14-29-4-2/h5-6,9-10,13,17,19,22,24-25,28H,3-4,7-8,11-12,14H2,1-2H3/t17-,19-,22-/m1/s1. The van der Waals surface area contributed by atoms with Gasteiger partial charge in [-0.15, -0.1) is 0 Å². The van der Waals surface area contributed by atoms with Gasteiger partial charge in [0.05, 0.1) is 23.3 Å². The number of benzene rings is 1. The quantitative estimate of drug-likeness (QED) is 0.713. The highest BCUT2D eigenvalue weighted by Crippen LogP contribution is 2.46. The summed E-state index contributed by atoms with van der Waals surface area (Å²) in [5.41, 5.74) is 3.91. The van der Waals surface area contributed by atoms with Crippen LogP contribution in [0.25, 0.3) is 0 Å². The first-order valence-electron chi connectivity index (χ1n) is 10.8. The lowest BCUT2D eigenvalue weighted by Gasteiger charge is -2.42. The molecule has 1 saturated carbocycles. The molecule has 2 aromatic rings. The number of ether oxygens (including phenoxy) is 1. The van der Waals surface area contributed by atoms with Crippen molar-refractivity contribution in [3.63, 3.8) is 0 Å². The number of carbonyl (C=O) groups excluding carboxylic acids is 1. The van der Waals surface area contributed by atoms with E-state index in [-0.39, 0.29) is 36.5 Å². The number of carbonyl (C=O) groups is 1. The number of aryl methyl sites for hydroxylation is 1. The van der Waals surface area contributed by atoms with Crippen molar-refractivity contribution in [3.05, 3.63) is 47.2 Å². The van der Waals surface area contributed by atoms with Crippen molar-refractivity contribution in [3.8, 4) is 5.88 Å². The number of aromatic nitrogens is 1. The van der Waals surface area contributed by atoms with E-state index in [9.17, 15) is 9.90 Å². The van der Waals surface area contributed by atoms with Crippen molar-refractivity contribution < 1.29 is 14.6 Å². The van der Waals surface area contributed by atoms with Gasteiger partial charge in [-0.25, -0.2) is 0 Å². The molecule has 1 aliphatic heterocycles. The number of rotatable bonds is 5. The van der Waals surface area contributed by atoms with Crippen LogP contribution in [0, 0.1) is 0 Å². The molecule has 156 valence electrons. The lowest BCUT2D eigenvalue weighted by atomic mass is 9.86. The number of H-pyrrole nitrogens is 1. The van der Waals surface area contributed by atoms with E-state index >= 15 is 0 Å². The van der Waals surface area contributed by atoms with Gasteiger partial charge in [0.15, 0.2) is 5.88 Å². The molecule has 6 nitrogen and oxygen atoms in total. The van der Waals surface area contributed by atoms with Gasteiger partial charge in [-0.05, 0) is 37.3 Å². The molecular formula is C23H31N3O3. The molecule has 1 aromatic heterocycles. The molecule has 1 fully saturated rings. The maximum absolute atomic E-state index is 13.5. The van der Waals surface area contributed by atoms with Gasteiger partial charge in [0.2, 0.25) is 5.91 Å². The number of amides is 1. The van der Waals surface area contributed by atoms with E-state index in [1.165, 1.54) is 5.56 Å². The number of fused-ring (bicyclic) bond motifs is 2. The number of nitrogens with zero attached hydrogens (tertiary/aromatic N) is 1.